The van der Waals surface area contributed by atoms with Gasteiger partial charge in [0, 0.05) is 12.1 Å². The SMILES string of the molecule is CCN(C(=O)c1cccc(OC)c1)C(C)c1cccc(C(F)(F)F)c1. The molecule has 0 saturated carbocycles. The summed E-state index contributed by atoms with van der Waals surface area (Å²) in [6.07, 6.45) is -4.41. The van der Waals surface area contributed by atoms with Gasteiger partial charge in [-0.25, -0.2) is 0 Å². The third kappa shape index (κ3) is 4.32. The minimum absolute atomic E-state index is 0.258. The molecule has 1 amide bonds. The predicted molar refractivity (Wildman–Crippen MR) is 89.6 cm³/mol. The fourth-order valence-corrected chi connectivity index (χ4v) is 2.67. The van der Waals surface area contributed by atoms with E-state index in [2.05, 4.69) is 0 Å². The van der Waals surface area contributed by atoms with Gasteiger partial charge in [0.25, 0.3) is 5.91 Å². The number of rotatable bonds is 5. The van der Waals surface area contributed by atoms with E-state index in [-0.39, 0.29) is 5.91 Å². The summed E-state index contributed by atoms with van der Waals surface area (Å²) >= 11 is 0. The van der Waals surface area contributed by atoms with Crippen LogP contribution in [0.15, 0.2) is 48.5 Å². The van der Waals surface area contributed by atoms with E-state index >= 15 is 0 Å². The Morgan fingerprint density at radius 1 is 1.16 bits per heavy atom. The number of halogens is 3. The summed E-state index contributed by atoms with van der Waals surface area (Å²) in [5.74, 6) is 0.292. The number of carbonyl (C=O) groups excluding carboxylic acids is 1. The van der Waals surface area contributed by atoms with Crippen LogP contribution in [0, 0.1) is 0 Å². The predicted octanol–water partition coefficient (Wildman–Crippen LogP) is 4.94. The molecule has 2 aromatic carbocycles. The van der Waals surface area contributed by atoms with E-state index in [0.29, 0.717) is 23.4 Å². The van der Waals surface area contributed by atoms with Gasteiger partial charge in [-0.1, -0.05) is 18.2 Å². The molecule has 2 rings (SSSR count). The van der Waals surface area contributed by atoms with E-state index in [9.17, 15) is 18.0 Å². The topological polar surface area (TPSA) is 29.5 Å². The summed E-state index contributed by atoms with van der Waals surface area (Å²) in [6.45, 7) is 3.88. The van der Waals surface area contributed by atoms with E-state index < -0.39 is 17.8 Å². The molecule has 0 aliphatic heterocycles. The van der Waals surface area contributed by atoms with Crippen LogP contribution < -0.4 is 4.74 Å². The van der Waals surface area contributed by atoms with Crippen LogP contribution in [0.2, 0.25) is 0 Å². The van der Waals surface area contributed by atoms with Crippen molar-refractivity contribution in [3.05, 3.63) is 65.2 Å². The summed E-state index contributed by atoms with van der Waals surface area (Å²) in [4.78, 5) is 14.3. The highest BCUT2D eigenvalue weighted by atomic mass is 19.4. The van der Waals surface area contributed by atoms with Gasteiger partial charge in [-0.15, -0.1) is 0 Å². The molecule has 0 heterocycles. The van der Waals surface area contributed by atoms with E-state index in [1.54, 1.807) is 44.2 Å². The Morgan fingerprint density at radius 3 is 2.44 bits per heavy atom. The first-order valence-corrected chi connectivity index (χ1v) is 7.90. The second kappa shape index (κ2) is 7.59. The number of alkyl halides is 3. The van der Waals surface area contributed by atoms with Crippen molar-refractivity contribution in [2.75, 3.05) is 13.7 Å². The van der Waals surface area contributed by atoms with Crippen LogP contribution in [0.5, 0.6) is 5.75 Å². The molecule has 25 heavy (non-hydrogen) atoms. The van der Waals surface area contributed by atoms with Gasteiger partial charge < -0.3 is 9.64 Å². The molecule has 0 radical (unpaired) electrons. The molecule has 0 spiro atoms. The lowest BCUT2D eigenvalue weighted by atomic mass is 10.0. The van der Waals surface area contributed by atoms with Gasteiger partial charge >= 0.3 is 6.18 Å². The van der Waals surface area contributed by atoms with Crippen molar-refractivity contribution in [2.24, 2.45) is 0 Å². The van der Waals surface area contributed by atoms with E-state index in [1.165, 1.54) is 18.1 Å². The monoisotopic (exact) mass is 351 g/mol. The molecular weight excluding hydrogens is 331 g/mol. The van der Waals surface area contributed by atoms with Gasteiger partial charge in [-0.05, 0) is 49.7 Å². The number of methoxy groups -OCH3 is 1. The number of hydrogen-bond acceptors (Lipinski definition) is 2. The molecular formula is C19H20F3NO2. The van der Waals surface area contributed by atoms with Crippen LogP contribution in [0.1, 0.15) is 41.4 Å². The molecule has 3 nitrogen and oxygen atoms in total. The van der Waals surface area contributed by atoms with Gasteiger partial charge in [-0.3, -0.25) is 4.79 Å². The van der Waals surface area contributed by atoms with E-state index in [1.807, 2.05) is 0 Å². The lowest BCUT2D eigenvalue weighted by molar-refractivity contribution is -0.137. The van der Waals surface area contributed by atoms with Crippen molar-refractivity contribution in [1.82, 2.24) is 4.90 Å². The second-order valence-electron chi connectivity index (χ2n) is 5.62. The van der Waals surface area contributed by atoms with Crippen LogP contribution in [0.3, 0.4) is 0 Å². The Bertz CT molecular complexity index is 743. The molecule has 0 fully saturated rings. The van der Waals surface area contributed by atoms with Gasteiger partial charge in [0.2, 0.25) is 0 Å². The average Bonchev–Trinajstić information content (AvgIpc) is 2.61. The van der Waals surface area contributed by atoms with Crippen LogP contribution >= 0.6 is 0 Å². The third-order valence-electron chi connectivity index (χ3n) is 4.08. The summed E-state index contributed by atoms with van der Waals surface area (Å²) in [7, 11) is 1.51. The molecule has 1 atom stereocenters. The summed E-state index contributed by atoms with van der Waals surface area (Å²) in [6, 6.07) is 11.3. The molecule has 0 aromatic heterocycles. The normalized spacial score (nSPS) is 12.6. The quantitative estimate of drug-likeness (QED) is 0.764. The second-order valence-corrected chi connectivity index (χ2v) is 5.62. The first kappa shape index (κ1) is 18.8. The fraction of sp³-hybridized carbons (Fsp3) is 0.316. The third-order valence-corrected chi connectivity index (χ3v) is 4.08. The fourth-order valence-electron chi connectivity index (χ4n) is 2.67. The summed E-state index contributed by atoms with van der Waals surface area (Å²) in [5, 5.41) is 0. The zero-order valence-electron chi connectivity index (χ0n) is 14.3. The Morgan fingerprint density at radius 2 is 1.84 bits per heavy atom. The number of amides is 1. The van der Waals surface area contributed by atoms with Crippen LogP contribution in [0.25, 0.3) is 0 Å². The highest BCUT2D eigenvalue weighted by molar-refractivity contribution is 5.94. The molecule has 2 aromatic rings. The van der Waals surface area contributed by atoms with E-state index in [4.69, 9.17) is 4.74 Å². The molecule has 1 unspecified atom stereocenters. The van der Waals surface area contributed by atoms with E-state index in [0.717, 1.165) is 12.1 Å². The maximum atomic E-state index is 12.9. The Kier molecular flexibility index (Phi) is 5.72. The molecule has 0 aliphatic rings. The van der Waals surface area contributed by atoms with Crippen LogP contribution in [-0.4, -0.2) is 24.5 Å². The zero-order chi connectivity index (χ0) is 18.6. The smallest absolute Gasteiger partial charge is 0.416 e. The molecule has 0 N–H and O–H groups in total. The highest BCUT2D eigenvalue weighted by Crippen LogP contribution is 2.32. The first-order chi connectivity index (χ1) is 11.8. The maximum Gasteiger partial charge on any atom is 0.416 e. The van der Waals surface area contributed by atoms with Gasteiger partial charge in [0.1, 0.15) is 5.75 Å². The van der Waals surface area contributed by atoms with Crippen LogP contribution in [0.4, 0.5) is 13.2 Å². The van der Waals surface area contributed by atoms with Gasteiger partial charge in [0.05, 0.1) is 18.7 Å². The van der Waals surface area contributed by atoms with Gasteiger partial charge in [-0.2, -0.15) is 13.2 Å². The average molecular weight is 351 g/mol. The van der Waals surface area contributed by atoms with Crippen molar-refractivity contribution >= 4 is 5.91 Å². The zero-order valence-corrected chi connectivity index (χ0v) is 14.3. The van der Waals surface area contributed by atoms with Crippen molar-refractivity contribution in [2.45, 2.75) is 26.1 Å². The lowest BCUT2D eigenvalue weighted by Crippen LogP contribution is -2.33. The Labute approximate surface area is 145 Å². The molecule has 0 aliphatic carbocycles. The number of nitrogens with zero attached hydrogens (tertiary/aromatic N) is 1. The van der Waals surface area contributed by atoms with Crippen molar-refractivity contribution < 1.29 is 22.7 Å². The maximum absolute atomic E-state index is 12.9. The highest BCUT2D eigenvalue weighted by Gasteiger charge is 2.31. The minimum Gasteiger partial charge on any atom is -0.497 e. The summed E-state index contributed by atoms with van der Waals surface area (Å²) in [5.41, 5.74) is 0.148. The lowest BCUT2D eigenvalue weighted by Gasteiger charge is -2.29. The molecule has 134 valence electrons. The molecule has 0 bridgehead atoms. The first-order valence-electron chi connectivity index (χ1n) is 7.90. The standard InChI is InChI=1S/C19H20F3NO2/c1-4-23(18(24)15-8-6-10-17(12-15)25-3)13(2)14-7-5-9-16(11-14)19(20,21)22/h5-13H,4H2,1-3H3. The molecule has 0 saturated heterocycles. The Hall–Kier alpha value is -2.50. The van der Waals surface area contributed by atoms with Crippen molar-refractivity contribution in [1.29, 1.82) is 0 Å². The van der Waals surface area contributed by atoms with Crippen molar-refractivity contribution in [3.63, 3.8) is 0 Å². The number of ether oxygens (including phenoxy) is 1. The van der Waals surface area contributed by atoms with Gasteiger partial charge in [0.15, 0.2) is 0 Å². The van der Waals surface area contributed by atoms with Crippen LogP contribution in [-0.2, 0) is 6.18 Å². The molecule has 6 heteroatoms. The minimum atomic E-state index is -4.41. The summed E-state index contributed by atoms with van der Waals surface area (Å²) < 4.78 is 43.9. The largest absolute Gasteiger partial charge is 0.497 e. The number of benzene rings is 2. The number of carbonyl (C=O) groups is 1. The number of hydrogen-bond donors (Lipinski definition) is 0. The Balaban J connectivity index is 2.32. The van der Waals surface area contributed by atoms with Crippen molar-refractivity contribution in [3.8, 4) is 5.75 Å².